The van der Waals surface area contributed by atoms with Crippen molar-refractivity contribution < 1.29 is 4.74 Å². The van der Waals surface area contributed by atoms with Gasteiger partial charge in [0.05, 0.1) is 12.5 Å². The number of hydrogen-bond donors (Lipinski definition) is 1. The molecule has 0 radical (unpaired) electrons. The quantitative estimate of drug-likeness (QED) is 0.365. The summed E-state index contributed by atoms with van der Waals surface area (Å²) in [6, 6.07) is 26.8. The molecule has 5 aromatic rings. The van der Waals surface area contributed by atoms with Gasteiger partial charge in [-0.05, 0) is 30.7 Å². The summed E-state index contributed by atoms with van der Waals surface area (Å²) in [5.41, 5.74) is 6.44. The van der Waals surface area contributed by atoms with E-state index in [4.69, 9.17) is 4.74 Å². The highest BCUT2D eigenvalue weighted by molar-refractivity contribution is 6.02. The minimum atomic E-state index is 0.597. The molecule has 3 aromatic carbocycles. The number of hydrogen-bond acceptors (Lipinski definition) is 4. The van der Waals surface area contributed by atoms with Gasteiger partial charge in [-0.1, -0.05) is 66.2 Å². The molecule has 2 aromatic heterocycles. The Bertz CT molecular complexity index is 1360. The first-order valence-electron chi connectivity index (χ1n) is 10.6. The first-order valence-corrected chi connectivity index (χ1v) is 10.6. The van der Waals surface area contributed by atoms with E-state index >= 15 is 0 Å². The molecule has 0 saturated heterocycles. The van der Waals surface area contributed by atoms with Crippen LogP contribution in [-0.4, -0.2) is 21.6 Å². The molecule has 0 unspecified atom stereocenters. The van der Waals surface area contributed by atoms with Gasteiger partial charge in [0.2, 0.25) is 0 Å². The molecule has 0 aliphatic carbocycles. The van der Waals surface area contributed by atoms with Crippen molar-refractivity contribution in [2.45, 2.75) is 13.5 Å². The number of para-hydroxylation sites is 1. The summed E-state index contributed by atoms with van der Waals surface area (Å²) in [6.45, 7) is 2.69. The number of ether oxygens (including phenoxy) is 1. The summed E-state index contributed by atoms with van der Waals surface area (Å²) < 4.78 is 7.64. The second-order valence-corrected chi connectivity index (χ2v) is 7.70. The average Bonchev–Trinajstić information content (AvgIpc) is 3.24. The lowest BCUT2D eigenvalue weighted by atomic mass is 10.1. The zero-order valence-corrected chi connectivity index (χ0v) is 18.1. The Labute approximate surface area is 187 Å². The van der Waals surface area contributed by atoms with Crippen LogP contribution < -0.4 is 10.1 Å². The number of aromatic nitrogens is 3. The van der Waals surface area contributed by atoms with Crippen molar-refractivity contribution in [1.82, 2.24) is 14.5 Å². The Morgan fingerprint density at radius 3 is 2.41 bits per heavy atom. The molecule has 5 heteroatoms. The minimum absolute atomic E-state index is 0.597. The lowest BCUT2D eigenvalue weighted by Crippen LogP contribution is -2.04. The Balaban J connectivity index is 1.64. The van der Waals surface area contributed by atoms with E-state index in [1.165, 1.54) is 5.56 Å². The number of aryl methyl sites for hydroxylation is 1. The van der Waals surface area contributed by atoms with Crippen molar-refractivity contribution in [1.29, 1.82) is 0 Å². The molecule has 0 fully saturated rings. The maximum absolute atomic E-state index is 5.51. The van der Waals surface area contributed by atoms with Gasteiger partial charge in [-0.2, -0.15) is 0 Å². The molecule has 32 heavy (non-hydrogen) atoms. The number of fused-ring (bicyclic) bond motifs is 1. The molecule has 158 valence electrons. The van der Waals surface area contributed by atoms with Crippen LogP contribution >= 0.6 is 0 Å². The van der Waals surface area contributed by atoms with Gasteiger partial charge in [-0.25, -0.2) is 9.97 Å². The smallest absolute Gasteiger partial charge is 0.150 e. The van der Waals surface area contributed by atoms with Gasteiger partial charge in [0.25, 0.3) is 0 Å². The SMILES string of the molecule is COc1ccccc1CNc1ncnc2c1c(-c1ccccc1)cn2-c1ccc(C)cc1. The van der Waals surface area contributed by atoms with Crippen LogP contribution in [-0.2, 0) is 6.54 Å². The highest BCUT2D eigenvalue weighted by atomic mass is 16.5. The zero-order valence-electron chi connectivity index (χ0n) is 18.1. The van der Waals surface area contributed by atoms with Crippen LogP contribution in [0.1, 0.15) is 11.1 Å². The van der Waals surface area contributed by atoms with Crippen molar-refractivity contribution in [2.24, 2.45) is 0 Å². The maximum Gasteiger partial charge on any atom is 0.150 e. The Hall–Kier alpha value is -4.12. The van der Waals surface area contributed by atoms with Crippen molar-refractivity contribution in [3.63, 3.8) is 0 Å². The fraction of sp³-hybridized carbons (Fsp3) is 0.111. The highest BCUT2D eigenvalue weighted by Crippen LogP contribution is 2.35. The Kier molecular flexibility index (Phi) is 5.30. The maximum atomic E-state index is 5.51. The van der Waals surface area contributed by atoms with Crippen LogP contribution in [0.3, 0.4) is 0 Å². The van der Waals surface area contributed by atoms with Crippen molar-refractivity contribution in [3.05, 3.63) is 103 Å². The molecule has 1 N–H and O–H groups in total. The van der Waals surface area contributed by atoms with E-state index in [-0.39, 0.29) is 0 Å². The van der Waals surface area contributed by atoms with E-state index in [9.17, 15) is 0 Å². The third-order valence-electron chi connectivity index (χ3n) is 5.62. The van der Waals surface area contributed by atoms with E-state index in [0.29, 0.717) is 6.54 Å². The Morgan fingerprint density at radius 2 is 1.62 bits per heavy atom. The highest BCUT2D eigenvalue weighted by Gasteiger charge is 2.17. The summed E-state index contributed by atoms with van der Waals surface area (Å²) >= 11 is 0. The molecular formula is C27H24N4O. The fourth-order valence-corrected chi connectivity index (χ4v) is 3.96. The molecule has 5 rings (SSSR count). The molecule has 0 atom stereocenters. The van der Waals surface area contributed by atoms with Crippen LogP contribution in [0.4, 0.5) is 5.82 Å². The molecular weight excluding hydrogens is 396 g/mol. The lowest BCUT2D eigenvalue weighted by Gasteiger charge is -2.11. The lowest BCUT2D eigenvalue weighted by molar-refractivity contribution is 0.410. The Morgan fingerprint density at radius 1 is 0.875 bits per heavy atom. The van der Waals surface area contributed by atoms with Crippen LogP contribution in [0.5, 0.6) is 5.75 Å². The number of nitrogens with one attached hydrogen (secondary N) is 1. The minimum Gasteiger partial charge on any atom is -0.496 e. The number of anilines is 1. The largest absolute Gasteiger partial charge is 0.496 e. The number of methoxy groups -OCH3 is 1. The van der Waals surface area contributed by atoms with Crippen LogP contribution in [0, 0.1) is 6.92 Å². The van der Waals surface area contributed by atoms with Crippen LogP contribution in [0.25, 0.3) is 27.8 Å². The molecule has 0 aliphatic rings. The molecule has 2 heterocycles. The first-order chi connectivity index (χ1) is 15.7. The zero-order chi connectivity index (χ0) is 21.9. The molecule has 0 bridgehead atoms. The van der Waals surface area contributed by atoms with E-state index in [1.807, 2.05) is 24.3 Å². The first kappa shape index (κ1) is 19.8. The summed E-state index contributed by atoms with van der Waals surface area (Å²) in [5, 5.41) is 4.51. The molecule has 0 saturated carbocycles. The van der Waals surface area contributed by atoms with Crippen LogP contribution in [0.2, 0.25) is 0 Å². The van der Waals surface area contributed by atoms with Gasteiger partial charge in [-0.15, -0.1) is 0 Å². The van der Waals surface area contributed by atoms with E-state index in [1.54, 1.807) is 13.4 Å². The van der Waals surface area contributed by atoms with Gasteiger partial charge < -0.3 is 14.6 Å². The van der Waals surface area contributed by atoms with E-state index in [0.717, 1.165) is 45.0 Å². The third-order valence-corrected chi connectivity index (χ3v) is 5.62. The van der Waals surface area contributed by atoms with E-state index in [2.05, 4.69) is 87.6 Å². The van der Waals surface area contributed by atoms with Crippen molar-refractivity contribution >= 4 is 16.9 Å². The monoisotopic (exact) mass is 420 g/mol. The van der Waals surface area contributed by atoms with Gasteiger partial charge in [0.15, 0.2) is 5.65 Å². The topological polar surface area (TPSA) is 52.0 Å². The number of benzene rings is 3. The predicted molar refractivity (Wildman–Crippen MR) is 129 cm³/mol. The summed E-state index contributed by atoms with van der Waals surface area (Å²) in [5.74, 6) is 1.65. The normalized spacial score (nSPS) is 10.9. The summed E-state index contributed by atoms with van der Waals surface area (Å²) in [4.78, 5) is 9.27. The number of nitrogens with zero attached hydrogens (tertiary/aromatic N) is 3. The van der Waals surface area contributed by atoms with Crippen molar-refractivity contribution in [2.75, 3.05) is 12.4 Å². The molecule has 0 spiro atoms. The second kappa shape index (κ2) is 8.55. The summed E-state index contributed by atoms with van der Waals surface area (Å²) in [6.07, 6.45) is 3.76. The van der Waals surface area contributed by atoms with Gasteiger partial charge in [0, 0.05) is 29.6 Å². The van der Waals surface area contributed by atoms with Gasteiger partial charge in [0.1, 0.15) is 17.9 Å². The average molecular weight is 421 g/mol. The predicted octanol–water partition coefficient (Wildman–Crippen LogP) is 6.02. The third kappa shape index (κ3) is 3.69. The standard InChI is InChI=1S/C27H24N4O/c1-19-12-14-22(15-13-19)31-17-23(20-8-4-3-5-9-20)25-26(29-18-30-27(25)31)28-16-21-10-6-7-11-24(21)32-2/h3-15,17-18H,16H2,1-2H3,(H,28,29,30). The number of rotatable bonds is 6. The van der Waals surface area contributed by atoms with Gasteiger partial charge in [-0.3, -0.25) is 0 Å². The molecule has 5 nitrogen and oxygen atoms in total. The van der Waals surface area contributed by atoms with Gasteiger partial charge >= 0.3 is 0 Å². The van der Waals surface area contributed by atoms with Crippen LogP contribution in [0.15, 0.2) is 91.4 Å². The fourth-order valence-electron chi connectivity index (χ4n) is 3.96. The molecule has 0 amide bonds. The second-order valence-electron chi connectivity index (χ2n) is 7.70. The van der Waals surface area contributed by atoms with E-state index < -0.39 is 0 Å². The van der Waals surface area contributed by atoms with Crippen molar-refractivity contribution in [3.8, 4) is 22.6 Å². The summed E-state index contributed by atoms with van der Waals surface area (Å²) in [7, 11) is 1.69. The molecule has 0 aliphatic heterocycles.